The standard InChI is InChI=1S/C52H95NO12/c1-7-11-15-19-21-25-38-60-46(54)32-27-34-48(56)62-41-52(43-64-50(58)36-29-37-53(5)6,42-63-49(57)35-28-33-47(55)61-39-26-22-20-16-12-8-2)44-65-51(59)40-45(30-23-17-13-9-3)31-24-18-14-10-4/h45H,7-44H2,1-6H3. The lowest BCUT2D eigenvalue weighted by Gasteiger charge is -2.32. The van der Waals surface area contributed by atoms with Crippen molar-refractivity contribution in [3.05, 3.63) is 0 Å². The summed E-state index contributed by atoms with van der Waals surface area (Å²) in [6, 6.07) is 0. The lowest BCUT2D eigenvalue weighted by atomic mass is 9.91. The van der Waals surface area contributed by atoms with Gasteiger partial charge in [0.15, 0.2) is 0 Å². The molecule has 0 heterocycles. The van der Waals surface area contributed by atoms with Crippen molar-refractivity contribution in [2.75, 3.05) is 60.3 Å². The SMILES string of the molecule is CCCCCCCCOC(=O)CCCC(=O)OCC(COC(=O)CCCC(=O)OCCCCCCCC)(COC(=O)CCCN(C)C)COC(=O)CC(CCCCCC)CCCCCC. The molecule has 0 fully saturated rings. The number of unbranched alkanes of at least 4 members (excludes halogenated alkanes) is 16. The lowest BCUT2D eigenvalue weighted by molar-refractivity contribution is -0.171. The summed E-state index contributed by atoms with van der Waals surface area (Å²) < 4.78 is 33.8. The molecule has 0 aliphatic carbocycles. The summed E-state index contributed by atoms with van der Waals surface area (Å²) in [5.41, 5.74) is -1.41. The highest BCUT2D eigenvalue weighted by Gasteiger charge is 2.38. The van der Waals surface area contributed by atoms with Crippen LogP contribution in [0.4, 0.5) is 0 Å². The molecule has 0 unspecified atom stereocenters. The van der Waals surface area contributed by atoms with E-state index in [1.165, 1.54) is 38.5 Å². The molecule has 13 heteroatoms. The number of hydrogen-bond donors (Lipinski definition) is 0. The van der Waals surface area contributed by atoms with Crippen LogP contribution < -0.4 is 0 Å². The summed E-state index contributed by atoms with van der Waals surface area (Å²) in [6.45, 7) is 8.64. The van der Waals surface area contributed by atoms with Gasteiger partial charge in [-0.1, -0.05) is 143 Å². The molecule has 0 saturated heterocycles. The van der Waals surface area contributed by atoms with Crippen LogP contribution in [0.5, 0.6) is 0 Å². The Morgan fingerprint density at radius 1 is 0.369 bits per heavy atom. The topological polar surface area (TPSA) is 161 Å². The van der Waals surface area contributed by atoms with E-state index in [0.29, 0.717) is 26.2 Å². The number of nitrogens with zero attached hydrogens (tertiary/aromatic N) is 1. The van der Waals surface area contributed by atoms with E-state index in [-0.39, 0.29) is 95.7 Å². The fourth-order valence-corrected chi connectivity index (χ4v) is 7.34. The van der Waals surface area contributed by atoms with Gasteiger partial charge in [-0.15, -0.1) is 0 Å². The lowest BCUT2D eigenvalue weighted by Crippen LogP contribution is -2.44. The molecule has 0 aliphatic heterocycles. The number of carbonyl (C=O) groups excluding carboxylic acids is 6. The second-order valence-electron chi connectivity index (χ2n) is 18.5. The molecule has 0 rings (SSSR count). The number of carbonyl (C=O) groups is 6. The molecule has 380 valence electrons. The molecular formula is C52H95NO12. The number of rotatable bonds is 46. The molecule has 0 bridgehead atoms. The Bertz CT molecular complexity index is 1160. The minimum Gasteiger partial charge on any atom is -0.466 e. The van der Waals surface area contributed by atoms with Gasteiger partial charge in [-0.3, -0.25) is 28.8 Å². The molecule has 0 aromatic heterocycles. The first-order chi connectivity index (χ1) is 31.4. The van der Waals surface area contributed by atoms with Crippen LogP contribution in [0.3, 0.4) is 0 Å². The molecule has 0 radical (unpaired) electrons. The first kappa shape index (κ1) is 61.8. The van der Waals surface area contributed by atoms with Crippen molar-refractivity contribution in [3.8, 4) is 0 Å². The largest absolute Gasteiger partial charge is 0.466 e. The van der Waals surface area contributed by atoms with Crippen LogP contribution in [0, 0.1) is 11.3 Å². The highest BCUT2D eigenvalue weighted by molar-refractivity contribution is 5.73. The van der Waals surface area contributed by atoms with Gasteiger partial charge < -0.3 is 33.3 Å². The Morgan fingerprint density at radius 2 is 0.677 bits per heavy atom. The zero-order valence-electron chi connectivity index (χ0n) is 42.3. The smallest absolute Gasteiger partial charge is 0.306 e. The zero-order chi connectivity index (χ0) is 48.2. The normalized spacial score (nSPS) is 11.4. The first-order valence-corrected chi connectivity index (χ1v) is 26.0. The number of hydrogen-bond acceptors (Lipinski definition) is 13. The highest BCUT2D eigenvalue weighted by atomic mass is 16.6. The summed E-state index contributed by atoms with van der Waals surface area (Å²) in [4.78, 5) is 79.5. The Balaban J connectivity index is 5.88. The summed E-state index contributed by atoms with van der Waals surface area (Å²) >= 11 is 0. The van der Waals surface area contributed by atoms with Gasteiger partial charge in [0.2, 0.25) is 0 Å². The van der Waals surface area contributed by atoms with Gasteiger partial charge in [0.25, 0.3) is 0 Å². The van der Waals surface area contributed by atoms with E-state index < -0.39 is 29.3 Å². The van der Waals surface area contributed by atoms with E-state index in [9.17, 15) is 28.8 Å². The van der Waals surface area contributed by atoms with E-state index in [0.717, 1.165) is 103 Å². The molecule has 0 aliphatic rings. The molecule has 0 aromatic carbocycles. The van der Waals surface area contributed by atoms with Crippen LogP contribution in [0.25, 0.3) is 0 Å². The summed E-state index contributed by atoms with van der Waals surface area (Å²) in [7, 11) is 3.82. The highest BCUT2D eigenvalue weighted by Crippen LogP contribution is 2.26. The van der Waals surface area contributed by atoms with Gasteiger partial charge in [-0.25, -0.2) is 0 Å². The van der Waals surface area contributed by atoms with Crippen molar-refractivity contribution in [1.29, 1.82) is 0 Å². The number of ether oxygens (including phenoxy) is 6. The van der Waals surface area contributed by atoms with Crippen LogP contribution in [0.1, 0.15) is 227 Å². The molecule has 65 heavy (non-hydrogen) atoms. The first-order valence-electron chi connectivity index (χ1n) is 26.0. The molecule has 0 atom stereocenters. The summed E-state index contributed by atoms with van der Waals surface area (Å²) in [5.74, 6) is -2.71. The van der Waals surface area contributed by atoms with Gasteiger partial charge in [0.1, 0.15) is 31.8 Å². The van der Waals surface area contributed by atoms with Crippen molar-refractivity contribution in [2.24, 2.45) is 11.3 Å². The average molecular weight is 926 g/mol. The Kier molecular flexibility index (Phi) is 41.2. The predicted molar refractivity (Wildman–Crippen MR) is 256 cm³/mol. The molecule has 0 spiro atoms. The minimum absolute atomic E-state index is 0.0561. The van der Waals surface area contributed by atoms with Gasteiger partial charge in [0.05, 0.1) is 13.2 Å². The molecule has 0 amide bonds. The van der Waals surface area contributed by atoms with E-state index in [1.807, 2.05) is 19.0 Å². The second-order valence-corrected chi connectivity index (χ2v) is 18.5. The van der Waals surface area contributed by atoms with Crippen LogP contribution in [-0.4, -0.2) is 101 Å². The maximum atomic E-state index is 13.6. The van der Waals surface area contributed by atoms with Gasteiger partial charge >= 0.3 is 35.8 Å². The maximum Gasteiger partial charge on any atom is 0.306 e. The monoisotopic (exact) mass is 926 g/mol. The van der Waals surface area contributed by atoms with Crippen molar-refractivity contribution in [2.45, 2.75) is 227 Å². The third-order valence-corrected chi connectivity index (χ3v) is 11.6. The zero-order valence-corrected chi connectivity index (χ0v) is 42.3. The summed E-state index contributed by atoms with van der Waals surface area (Å²) in [6.07, 6.45) is 24.9. The van der Waals surface area contributed by atoms with Crippen molar-refractivity contribution < 1.29 is 57.2 Å². The van der Waals surface area contributed by atoms with E-state index >= 15 is 0 Å². The molecule has 0 N–H and O–H groups in total. The van der Waals surface area contributed by atoms with Crippen molar-refractivity contribution in [3.63, 3.8) is 0 Å². The number of esters is 6. The van der Waals surface area contributed by atoms with Gasteiger partial charge in [-0.2, -0.15) is 0 Å². The van der Waals surface area contributed by atoms with Crippen LogP contribution >= 0.6 is 0 Å². The quantitative estimate of drug-likeness (QED) is 0.0322. The Labute approximate surface area is 395 Å². The van der Waals surface area contributed by atoms with E-state index in [2.05, 4.69) is 27.7 Å². The summed E-state index contributed by atoms with van der Waals surface area (Å²) in [5, 5.41) is 0. The van der Waals surface area contributed by atoms with Crippen LogP contribution in [0.15, 0.2) is 0 Å². The third-order valence-electron chi connectivity index (χ3n) is 11.6. The molecule has 13 nitrogen and oxygen atoms in total. The van der Waals surface area contributed by atoms with E-state index in [4.69, 9.17) is 28.4 Å². The van der Waals surface area contributed by atoms with E-state index in [1.54, 1.807) is 0 Å². The van der Waals surface area contributed by atoms with Crippen LogP contribution in [0.2, 0.25) is 0 Å². The fraction of sp³-hybridized carbons (Fsp3) is 0.885. The minimum atomic E-state index is -1.41. The van der Waals surface area contributed by atoms with Gasteiger partial charge in [0, 0.05) is 38.5 Å². The Morgan fingerprint density at radius 3 is 1.05 bits per heavy atom. The van der Waals surface area contributed by atoms with Crippen LogP contribution in [-0.2, 0) is 57.2 Å². The van der Waals surface area contributed by atoms with Gasteiger partial charge in [-0.05, 0) is 71.5 Å². The maximum absolute atomic E-state index is 13.6. The van der Waals surface area contributed by atoms with Crippen molar-refractivity contribution in [1.82, 2.24) is 4.90 Å². The Hall–Kier alpha value is -3.22. The van der Waals surface area contributed by atoms with Crippen molar-refractivity contribution >= 4 is 35.8 Å². The fourth-order valence-electron chi connectivity index (χ4n) is 7.34. The molecule has 0 saturated carbocycles. The molecular weight excluding hydrogens is 831 g/mol. The molecule has 0 aromatic rings. The predicted octanol–water partition coefficient (Wildman–Crippen LogP) is 11.6. The average Bonchev–Trinajstić information content (AvgIpc) is 3.27. The second kappa shape index (κ2) is 43.4. The third kappa shape index (κ3) is 39.6.